The van der Waals surface area contributed by atoms with Crippen molar-refractivity contribution in [1.29, 1.82) is 0 Å². The largest absolute Gasteiger partial charge is 0.396 e. The maximum absolute atomic E-state index is 14.8. The fraction of sp³-hybridized carbons (Fsp3) is 0.361. The Bertz CT molecular complexity index is 1610. The van der Waals surface area contributed by atoms with Crippen LogP contribution in [0.5, 0.6) is 0 Å². The number of carbonyl (C=O) groups excluding carboxylic acids is 3. The summed E-state index contributed by atoms with van der Waals surface area (Å²) in [6.07, 6.45) is 3.48. The summed E-state index contributed by atoms with van der Waals surface area (Å²) in [4.78, 5) is 48.3. The third kappa shape index (κ3) is 5.41. The van der Waals surface area contributed by atoms with Crippen molar-refractivity contribution in [2.45, 2.75) is 42.0 Å². The molecule has 3 aliphatic heterocycles. The molecule has 3 aromatic rings. The molecule has 1 N–H and O–H groups in total. The Morgan fingerprint density at radius 3 is 2.42 bits per heavy atom. The molecule has 1 spiro atoms. The summed E-state index contributed by atoms with van der Waals surface area (Å²) in [5.74, 6) is -2.37. The number of alkyl halides is 1. The van der Waals surface area contributed by atoms with Gasteiger partial charge in [-0.25, -0.2) is 0 Å². The zero-order valence-electron chi connectivity index (χ0n) is 25.1. The smallest absolute Gasteiger partial charge is 0.253 e. The quantitative estimate of drug-likeness (QED) is 0.223. The lowest BCUT2D eigenvalue weighted by Gasteiger charge is -2.37. The van der Waals surface area contributed by atoms with Crippen molar-refractivity contribution in [3.05, 3.63) is 104 Å². The summed E-state index contributed by atoms with van der Waals surface area (Å²) < 4.78 is 6.74. The predicted octanol–water partition coefficient (Wildman–Crippen LogP) is 4.70. The molecule has 8 nitrogen and oxygen atoms in total. The molecule has 0 aromatic heterocycles. The third-order valence-corrected chi connectivity index (χ3v) is 10.2. The maximum atomic E-state index is 14.8. The van der Waals surface area contributed by atoms with Gasteiger partial charge in [0.05, 0.1) is 17.9 Å². The van der Waals surface area contributed by atoms with E-state index in [-0.39, 0.29) is 42.2 Å². The Morgan fingerprint density at radius 1 is 1.00 bits per heavy atom. The van der Waals surface area contributed by atoms with Gasteiger partial charge in [0.1, 0.15) is 11.6 Å². The molecule has 3 aromatic carbocycles. The Labute approximate surface area is 272 Å². The van der Waals surface area contributed by atoms with Crippen LogP contribution in [0.1, 0.15) is 18.4 Å². The van der Waals surface area contributed by atoms with Gasteiger partial charge >= 0.3 is 0 Å². The molecule has 2 bridgehead atoms. The van der Waals surface area contributed by atoms with Gasteiger partial charge in [-0.2, -0.15) is 0 Å². The first-order valence-corrected chi connectivity index (χ1v) is 16.3. The van der Waals surface area contributed by atoms with Gasteiger partial charge in [-0.1, -0.05) is 88.7 Å². The Kier molecular flexibility index (Phi) is 8.95. The number of hydrogen-bond donors (Lipinski definition) is 1. The number of amides is 3. The van der Waals surface area contributed by atoms with Gasteiger partial charge in [-0.3, -0.25) is 14.4 Å². The van der Waals surface area contributed by atoms with Crippen molar-refractivity contribution in [1.82, 2.24) is 9.80 Å². The van der Waals surface area contributed by atoms with Gasteiger partial charge < -0.3 is 24.5 Å². The van der Waals surface area contributed by atoms with Crippen molar-refractivity contribution in [3.63, 3.8) is 0 Å². The molecule has 234 valence electrons. The molecule has 6 rings (SSSR count). The fourth-order valence-corrected chi connectivity index (χ4v) is 8.46. The monoisotopic (exact) mass is 671 g/mol. The lowest BCUT2D eigenvalue weighted by molar-refractivity contribution is -0.145. The van der Waals surface area contributed by atoms with E-state index in [9.17, 15) is 19.5 Å². The number of anilines is 1. The summed E-state index contributed by atoms with van der Waals surface area (Å²) in [5.41, 5.74) is 0.447. The van der Waals surface area contributed by atoms with Crippen LogP contribution in [0.4, 0.5) is 5.69 Å². The summed E-state index contributed by atoms with van der Waals surface area (Å²) in [5, 5.41) is 11.8. The van der Waals surface area contributed by atoms with Crippen molar-refractivity contribution in [3.8, 4) is 0 Å². The van der Waals surface area contributed by atoms with Crippen LogP contribution in [0.3, 0.4) is 0 Å². The minimum atomic E-state index is -1.20. The lowest BCUT2D eigenvalue weighted by atomic mass is 9.70. The first-order chi connectivity index (χ1) is 21.8. The number of halogens is 1. The number of fused-ring (bicyclic) bond motifs is 2. The van der Waals surface area contributed by atoms with E-state index in [4.69, 9.17) is 4.74 Å². The number of benzene rings is 3. The second-order valence-corrected chi connectivity index (χ2v) is 13.2. The minimum Gasteiger partial charge on any atom is -0.396 e. The highest BCUT2D eigenvalue weighted by molar-refractivity contribution is 9.09. The van der Waals surface area contributed by atoms with E-state index in [1.165, 1.54) is 0 Å². The summed E-state index contributed by atoms with van der Waals surface area (Å²) >= 11 is 3.77. The summed E-state index contributed by atoms with van der Waals surface area (Å²) in [6.45, 7) is 8.71. The molecule has 3 amide bonds. The van der Waals surface area contributed by atoms with Crippen LogP contribution in [0, 0.1) is 11.8 Å². The molecule has 6 atom stereocenters. The maximum Gasteiger partial charge on any atom is 0.253 e. The van der Waals surface area contributed by atoms with Gasteiger partial charge in [0, 0.05) is 43.3 Å². The summed E-state index contributed by atoms with van der Waals surface area (Å²) in [6, 6.07) is 22.5. The zero-order chi connectivity index (χ0) is 31.7. The van der Waals surface area contributed by atoms with Crippen molar-refractivity contribution in [2.75, 3.05) is 31.1 Å². The van der Waals surface area contributed by atoms with Crippen LogP contribution < -0.4 is 4.90 Å². The molecule has 3 unspecified atom stereocenters. The van der Waals surface area contributed by atoms with E-state index >= 15 is 0 Å². The molecule has 3 aliphatic rings. The molecular formula is C36H38BrN3O5. The number of carbonyl (C=O) groups is 3. The van der Waals surface area contributed by atoms with Crippen LogP contribution in [0.2, 0.25) is 0 Å². The van der Waals surface area contributed by atoms with Gasteiger partial charge in [0.25, 0.3) is 5.91 Å². The summed E-state index contributed by atoms with van der Waals surface area (Å²) in [7, 11) is 0. The number of hydrogen-bond acceptors (Lipinski definition) is 5. The standard InChI is InChI=1S/C36H38BrN3O5/c1-3-17-38(23-24-11-6-5-7-12-24)33(42)29-30-34(43)40(19-10-20-41)32(36(30)22-28(37)31(29)45-36)35(44)39(18-4-2)27-16-15-25-13-8-9-14-26(25)21-27/h3-9,11-16,21,28-32,41H,1-2,10,17-20,22-23H2/t28?,29-,30+,31-,32?,36?/m1/s1. The molecular weight excluding hydrogens is 634 g/mol. The third-order valence-electron chi connectivity index (χ3n) is 9.37. The molecule has 0 radical (unpaired) electrons. The van der Waals surface area contributed by atoms with Crippen LogP contribution in [-0.2, 0) is 25.7 Å². The Morgan fingerprint density at radius 2 is 1.71 bits per heavy atom. The Hall–Kier alpha value is -3.79. The first-order valence-electron chi connectivity index (χ1n) is 15.4. The molecule has 45 heavy (non-hydrogen) atoms. The number of rotatable bonds is 12. The van der Waals surface area contributed by atoms with Crippen LogP contribution in [-0.4, -0.2) is 81.4 Å². The average Bonchev–Trinajstić information content (AvgIpc) is 3.65. The number of aliphatic hydroxyl groups excluding tert-OH is 1. The SMILES string of the molecule is C=CCN(Cc1ccccc1)C(=O)[C@H]1[C@@H]2OC3(CC2Br)C(C(=O)N(CC=C)c2ccc4ccccc4c2)N(CCCO)C(=O)[C@H]13. The number of ether oxygens (including phenoxy) is 1. The van der Waals surface area contributed by atoms with Crippen LogP contribution in [0.15, 0.2) is 98.1 Å². The highest BCUT2D eigenvalue weighted by Gasteiger charge is 2.76. The molecule has 9 heteroatoms. The topological polar surface area (TPSA) is 90.4 Å². The van der Waals surface area contributed by atoms with Crippen molar-refractivity contribution >= 4 is 50.1 Å². The number of likely N-dealkylation sites (tertiary alicyclic amines) is 1. The van der Waals surface area contributed by atoms with Crippen LogP contribution >= 0.6 is 15.9 Å². The minimum absolute atomic E-state index is 0.138. The molecule has 0 aliphatic carbocycles. The highest BCUT2D eigenvalue weighted by Crippen LogP contribution is 2.60. The molecule has 3 heterocycles. The van der Waals surface area contributed by atoms with E-state index in [2.05, 4.69) is 29.1 Å². The van der Waals surface area contributed by atoms with Gasteiger partial charge in [0.15, 0.2) is 0 Å². The molecule has 0 saturated carbocycles. The van der Waals surface area contributed by atoms with Crippen molar-refractivity contribution in [2.24, 2.45) is 11.8 Å². The molecule has 3 fully saturated rings. The van der Waals surface area contributed by atoms with Gasteiger partial charge in [-0.15, -0.1) is 13.2 Å². The van der Waals surface area contributed by atoms with E-state index in [1.54, 1.807) is 26.9 Å². The number of nitrogens with zero attached hydrogens (tertiary/aromatic N) is 3. The van der Waals surface area contributed by atoms with Crippen LogP contribution in [0.25, 0.3) is 10.8 Å². The van der Waals surface area contributed by atoms with Gasteiger partial charge in [-0.05, 0) is 41.3 Å². The number of aliphatic hydroxyl groups is 1. The Balaban J connectivity index is 1.39. The lowest BCUT2D eigenvalue weighted by Crippen LogP contribution is -2.57. The van der Waals surface area contributed by atoms with E-state index in [1.807, 2.05) is 72.8 Å². The van der Waals surface area contributed by atoms with E-state index in [0.717, 1.165) is 16.3 Å². The predicted molar refractivity (Wildman–Crippen MR) is 178 cm³/mol. The first kappa shape index (κ1) is 31.2. The normalized spacial score (nSPS) is 26.6. The second-order valence-electron chi connectivity index (χ2n) is 12.0. The van der Waals surface area contributed by atoms with Gasteiger partial charge in [0.2, 0.25) is 11.8 Å². The zero-order valence-corrected chi connectivity index (χ0v) is 26.7. The van der Waals surface area contributed by atoms with E-state index < -0.39 is 29.6 Å². The van der Waals surface area contributed by atoms with Crippen molar-refractivity contribution < 1.29 is 24.2 Å². The highest BCUT2D eigenvalue weighted by atomic mass is 79.9. The fourth-order valence-electron chi connectivity index (χ4n) is 7.52. The average molecular weight is 673 g/mol. The van der Waals surface area contributed by atoms with E-state index in [0.29, 0.717) is 31.6 Å². The second kappa shape index (κ2) is 12.9. The molecule has 3 saturated heterocycles.